The van der Waals surface area contributed by atoms with Gasteiger partial charge in [-0.15, -0.1) is 0 Å². The average Bonchev–Trinajstić information content (AvgIpc) is 2.81. The predicted molar refractivity (Wildman–Crippen MR) is 84.7 cm³/mol. The second-order valence-electron chi connectivity index (χ2n) is 7.86. The molecule has 1 fully saturated rings. The Balaban J connectivity index is 1.83. The van der Waals surface area contributed by atoms with E-state index in [1.165, 1.54) is 49.8 Å². The fourth-order valence-corrected chi connectivity index (χ4v) is 4.43. The molecular weight excluding hydrogens is 244 g/mol. The molecule has 0 aliphatic heterocycles. The average molecular weight is 274 g/mol. The van der Waals surface area contributed by atoms with Crippen molar-refractivity contribution >= 4 is 0 Å². The van der Waals surface area contributed by atoms with Gasteiger partial charge < -0.3 is 10.3 Å². The van der Waals surface area contributed by atoms with Crippen LogP contribution in [0.1, 0.15) is 82.6 Å². The molecule has 2 aliphatic rings. The Morgan fingerprint density at radius 1 is 1.25 bits per heavy atom. The zero-order valence-electron chi connectivity index (χ0n) is 13.4. The molecule has 0 saturated heterocycles. The summed E-state index contributed by atoms with van der Waals surface area (Å²) in [7, 11) is 0. The molecule has 1 heterocycles. The van der Waals surface area contributed by atoms with Crippen LogP contribution in [0.25, 0.3) is 0 Å². The van der Waals surface area contributed by atoms with Crippen LogP contribution in [0.15, 0.2) is 12.3 Å². The molecule has 2 nitrogen and oxygen atoms in total. The Bertz CT molecular complexity index is 464. The highest BCUT2D eigenvalue weighted by Gasteiger charge is 2.34. The van der Waals surface area contributed by atoms with Gasteiger partial charge in [0.05, 0.1) is 0 Å². The van der Waals surface area contributed by atoms with Crippen LogP contribution in [0.4, 0.5) is 0 Å². The molecule has 1 aromatic heterocycles. The molecule has 1 aromatic rings. The van der Waals surface area contributed by atoms with E-state index in [0.29, 0.717) is 5.41 Å². The van der Waals surface area contributed by atoms with Crippen molar-refractivity contribution in [1.82, 2.24) is 4.57 Å². The molecule has 112 valence electrons. The summed E-state index contributed by atoms with van der Waals surface area (Å²) < 4.78 is 2.59. The predicted octanol–water partition coefficient (Wildman–Crippen LogP) is 4.60. The molecule has 0 amide bonds. The zero-order chi connectivity index (χ0) is 14.3. The summed E-state index contributed by atoms with van der Waals surface area (Å²) in [6, 6.07) is 3.26. The first-order valence-corrected chi connectivity index (χ1v) is 8.45. The van der Waals surface area contributed by atoms with E-state index in [2.05, 4.69) is 37.6 Å². The van der Waals surface area contributed by atoms with E-state index in [1.807, 2.05) is 0 Å². The molecule has 0 bridgehead atoms. The normalized spacial score (nSPS) is 32.9. The number of hydrogen-bond donors (Lipinski definition) is 1. The van der Waals surface area contributed by atoms with Crippen molar-refractivity contribution in [3.05, 3.63) is 23.5 Å². The van der Waals surface area contributed by atoms with Crippen LogP contribution in [0.5, 0.6) is 0 Å². The van der Waals surface area contributed by atoms with Crippen LogP contribution < -0.4 is 5.73 Å². The first-order chi connectivity index (χ1) is 9.50. The minimum atomic E-state index is 0.238. The van der Waals surface area contributed by atoms with Gasteiger partial charge in [0.25, 0.3) is 0 Å². The van der Waals surface area contributed by atoms with Gasteiger partial charge in [-0.1, -0.05) is 27.2 Å². The van der Waals surface area contributed by atoms with Crippen molar-refractivity contribution in [2.75, 3.05) is 0 Å². The largest absolute Gasteiger partial charge is 0.348 e. The third-order valence-electron chi connectivity index (χ3n) is 5.66. The summed E-state index contributed by atoms with van der Waals surface area (Å²) >= 11 is 0. The monoisotopic (exact) mass is 274 g/mol. The molecule has 0 aromatic carbocycles. The van der Waals surface area contributed by atoms with Crippen LogP contribution in [-0.4, -0.2) is 4.57 Å². The molecule has 20 heavy (non-hydrogen) atoms. The van der Waals surface area contributed by atoms with Gasteiger partial charge in [-0.2, -0.15) is 0 Å². The summed E-state index contributed by atoms with van der Waals surface area (Å²) in [6.07, 6.45) is 11.5. The molecule has 2 aliphatic carbocycles. The van der Waals surface area contributed by atoms with Crippen molar-refractivity contribution in [3.63, 3.8) is 0 Å². The van der Waals surface area contributed by atoms with Gasteiger partial charge in [0, 0.05) is 24.0 Å². The summed E-state index contributed by atoms with van der Waals surface area (Å²) in [4.78, 5) is 0. The van der Waals surface area contributed by atoms with Crippen LogP contribution >= 0.6 is 0 Å². The highest BCUT2D eigenvalue weighted by atomic mass is 15.0. The second-order valence-corrected chi connectivity index (χ2v) is 7.86. The van der Waals surface area contributed by atoms with Crippen molar-refractivity contribution in [3.8, 4) is 0 Å². The number of nitrogens with zero attached hydrogens (tertiary/aromatic N) is 1. The minimum absolute atomic E-state index is 0.238. The van der Waals surface area contributed by atoms with Gasteiger partial charge in [-0.25, -0.2) is 0 Å². The first-order valence-electron chi connectivity index (χ1n) is 8.45. The van der Waals surface area contributed by atoms with E-state index >= 15 is 0 Å². The molecule has 2 N–H and O–H groups in total. The van der Waals surface area contributed by atoms with Crippen molar-refractivity contribution in [2.45, 2.75) is 77.8 Å². The topological polar surface area (TPSA) is 30.9 Å². The van der Waals surface area contributed by atoms with Gasteiger partial charge in [0.2, 0.25) is 0 Å². The third-order valence-corrected chi connectivity index (χ3v) is 5.66. The Kier molecular flexibility index (Phi) is 3.70. The maximum atomic E-state index is 6.40. The highest BCUT2D eigenvalue weighted by Crippen LogP contribution is 2.43. The number of aromatic nitrogens is 1. The zero-order valence-corrected chi connectivity index (χ0v) is 13.4. The number of nitrogens with two attached hydrogens (primary N) is 1. The smallest absolute Gasteiger partial charge is 0.0333 e. The Morgan fingerprint density at radius 3 is 2.60 bits per heavy atom. The molecule has 2 heteroatoms. The van der Waals surface area contributed by atoms with Gasteiger partial charge in [-0.05, 0) is 61.5 Å². The Labute approximate surface area is 123 Å². The van der Waals surface area contributed by atoms with Gasteiger partial charge in [-0.3, -0.25) is 0 Å². The molecular formula is C18H30N2. The summed E-state index contributed by atoms with van der Waals surface area (Å²) in [5.41, 5.74) is 9.70. The lowest BCUT2D eigenvalue weighted by Crippen LogP contribution is -2.31. The maximum Gasteiger partial charge on any atom is 0.0333 e. The number of rotatable bonds is 2. The highest BCUT2D eigenvalue weighted by molar-refractivity contribution is 5.30. The van der Waals surface area contributed by atoms with Crippen molar-refractivity contribution in [1.29, 1.82) is 0 Å². The lowest BCUT2D eigenvalue weighted by atomic mass is 9.74. The molecule has 0 spiro atoms. The van der Waals surface area contributed by atoms with Crippen LogP contribution in [0, 0.1) is 11.3 Å². The summed E-state index contributed by atoms with van der Waals surface area (Å²) in [6.45, 7) is 7.06. The SMILES string of the molecule is CCC1CCC(n2ccc3c2CC(C)(C)CC3N)CC1. The standard InChI is InChI=1S/C18H30N2/c1-4-13-5-7-14(8-6-13)20-10-9-15-16(19)11-18(2,3)12-17(15)20/h9-10,13-14,16H,4-8,11-12,19H2,1-3H3. The quantitative estimate of drug-likeness (QED) is 0.839. The number of hydrogen-bond acceptors (Lipinski definition) is 1. The van der Waals surface area contributed by atoms with E-state index in [0.717, 1.165) is 18.4 Å². The van der Waals surface area contributed by atoms with Crippen molar-refractivity contribution < 1.29 is 0 Å². The van der Waals surface area contributed by atoms with E-state index < -0.39 is 0 Å². The van der Waals surface area contributed by atoms with Gasteiger partial charge >= 0.3 is 0 Å². The Hall–Kier alpha value is -0.760. The molecule has 1 atom stereocenters. The van der Waals surface area contributed by atoms with Gasteiger partial charge in [0.15, 0.2) is 0 Å². The summed E-state index contributed by atoms with van der Waals surface area (Å²) in [5.74, 6) is 0.969. The lowest BCUT2D eigenvalue weighted by molar-refractivity contribution is 0.243. The molecule has 3 rings (SSSR count). The summed E-state index contributed by atoms with van der Waals surface area (Å²) in [5, 5.41) is 0. The Morgan fingerprint density at radius 2 is 1.95 bits per heavy atom. The van der Waals surface area contributed by atoms with E-state index in [4.69, 9.17) is 5.73 Å². The second kappa shape index (κ2) is 5.22. The molecule has 0 radical (unpaired) electrons. The maximum absolute atomic E-state index is 6.40. The first kappa shape index (κ1) is 14.2. The van der Waals surface area contributed by atoms with E-state index in [1.54, 1.807) is 0 Å². The minimum Gasteiger partial charge on any atom is -0.348 e. The molecule has 1 saturated carbocycles. The molecule has 1 unspecified atom stereocenters. The van der Waals surface area contributed by atoms with Crippen LogP contribution in [0.2, 0.25) is 0 Å². The van der Waals surface area contributed by atoms with Crippen LogP contribution in [-0.2, 0) is 6.42 Å². The van der Waals surface area contributed by atoms with E-state index in [-0.39, 0.29) is 6.04 Å². The fraction of sp³-hybridized carbons (Fsp3) is 0.778. The third kappa shape index (κ3) is 2.55. The van der Waals surface area contributed by atoms with Gasteiger partial charge in [0.1, 0.15) is 0 Å². The van der Waals surface area contributed by atoms with Crippen molar-refractivity contribution in [2.24, 2.45) is 17.1 Å². The van der Waals surface area contributed by atoms with E-state index in [9.17, 15) is 0 Å². The fourth-order valence-electron chi connectivity index (χ4n) is 4.43. The lowest BCUT2D eigenvalue weighted by Gasteiger charge is -2.37. The number of fused-ring (bicyclic) bond motifs is 1. The van der Waals surface area contributed by atoms with Crippen LogP contribution in [0.3, 0.4) is 0 Å².